The van der Waals surface area contributed by atoms with Crippen LogP contribution in [0, 0.1) is 5.92 Å². The molecule has 21 heavy (non-hydrogen) atoms. The van der Waals surface area contributed by atoms with E-state index in [-0.39, 0.29) is 11.5 Å². The van der Waals surface area contributed by atoms with Crippen LogP contribution in [0.4, 0.5) is 0 Å². The van der Waals surface area contributed by atoms with Crippen molar-refractivity contribution in [3.63, 3.8) is 0 Å². The van der Waals surface area contributed by atoms with Crippen LogP contribution in [0.2, 0.25) is 0 Å². The summed E-state index contributed by atoms with van der Waals surface area (Å²) >= 11 is 0. The Balaban J connectivity index is 1.61. The van der Waals surface area contributed by atoms with Crippen molar-refractivity contribution in [1.82, 2.24) is 0 Å². The van der Waals surface area contributed by atoms with Crippen molar-refractivity contribution in [3.8, 4) is 0 Å². The molecule has 1 N–H and O–H groups in total. The van der Waals surface area contributed by atoms with Gasteiger partial charge in [-0.3, -0.25) is 0 Å². The van der Waals surface area contributed by atoms with Crippen LogP contribution in [0.3, 0.4) is 0 Å². The molecule has 3 nitrogen and oxygen atoms in total. The highest BCUT2D eigenvalue weighted by atomic mass is 16.7. The molecule has 2 heterocycles. The minimum atomic E-state index is -0.897. The molecule has 112 valence electrons. The Kier molecular flexibility index (Phi) is 3.09. The van der Waals surface area contributed by atoms with Gasteiger partial charge in [-0.15, -0.1) is 0 Å². The average Bonchev–Trinajstić information content (AvgIpc) is 2.72. The van der Waals surface area contributed by atoms with E-state index < -0.39 is 11.9 Å². The molecule has 1 aromatic rings. The van der Waals surface area contributed by atoms with Gasteiger partial charge in [0.05, 0.1) is 17.8 Å². The van der Waals surface area contributed by atoms with E-state index >= 15 is 0 Å². The van der Waals surface area contributed by atoms with E-state index in [4.69, 9.17) is 9.47 Å². The van der Waals surface area contributed by atoms with Crippen LogP contribution < -0.4 is 0 Å². The normalized spacial score (nSPS) is 34.6. The van der Waals surface area contributed by atoms with Gasteiger partial charge < -0.3 is 14.6 Å². The van der Waals surface area contributed by atoms with E-state index in [1.54, 1.807) is 6.26 Å². The quantitative estimate of drug-likeness (QED) is 0.901. The molecule has 1 aliphatic carbocycles. The molecule has 3 heteroatoms. The highest BCUT2D eigenvalue weighted by molar-refractivity contribution is 5.27. The van der Waals surface area contributed by atoms with E-state index in [0.29, 0.717) is 0 Å². The van der Waals surface area contributed by atoms with Crippen LogP contribution >= 0.6 is 0 Å². The summed E-state index contributed by atoms with van der Waals surface area (Å²) in [6, 6.07) is 9.69. The van der Waals surface area contributed by atoms with Crippen molar-refractivity contribution in [2.24, 2.45) is 5.92 Å². The summed E-state index contributed by atoms with van der Waals surface area (Å²) in [6.07, 6.45) is 10.2. The third kappa shape index (κ3) is 1.87. The summed E-state index contributed by atoms with van der Waals surface area (Å²) in [6.45, 7) is 0. The Morgan fingerprint density at radius 1 is 1.05 bits per heavy atom. The van der Waals surface area contributed by atoms with Crippen LogP contribution in [0.15, 0.2) is 42.7 Å². The third-order valence-electron chi connectivity index (χ3n) is 5.33. The summed E-state index contributed by atoms with van der Waals surface area (Å²) in [5.41, 5.74) is 0.744. The molecule has 3 aliphatic rings. The number of aliphatic hydroxyl groups is 1. The molecule has 1 saturated carbocycles. The fourth-order valence-corrected chi connectivity index (χ4v) is 4.28. The molecule has 1 aromatic carbocycles. The lowest BCUT2D eigenvalue weighted by Crippen LogP contribution is -2.69. The van der Waals surface area contributed by atoms with Gasteiger partial charge in [0, 0.05) is 0 Å². The van der Waals surface area contributed by atoms with E-state index in [1.807, 2.05) is 30.3 Å². The first-order valence-corrected chi connectivity index (χ1v) is 8.05. The molecule has 4 rings (SSSR count). The molecule has 1 spiro atoms. The molecule has 0 radical (unpaired) electrons. The van der Waals surface area contributed by atoms with Crippen molar-refractivity contribution in [1.29, 1.82) is 0 Å². The number of rotatable bonds is 2. The first kappa shape index (κ1) is 13.4. The Bertz CT molecular complexity index is 531. The van der Waals surface area contributed by atoms with E-state index in [9.17, 15) is 5.11 Å². The second-order valence-corrected chi connectivity index (χ2v) is 6.54. The van der Waals surface area contributed by atoms with Crippen LogP contribution in [0.25, 0.3) is 0 Å². The predicted octanol–water partition coefficient (Wildman–Crippen LogP) is 3.70. The average molecular weight is 286 g/mol. The minimum Gasteiger partial charge on any atom is -0.466 e. The molecule has 0 aromatic heterocycles. The van der Waals surface area contributed by atoms with Crippen molar-refractivity contribution in [2.75, 3.05) is 0 Å². The van der Waals surface area contributed by atoms with Gasteiger partial charge in [0.15, 0.2) is 0 Å². The fourth-order valence-electron chi connectivity index (χ4n) is 4.28. The maximum atomic E-state index is 10.8. The van der Waals surface area contributed by atoms with Gasteiger partial charge in [-0.1, -0.05) is 56.0 Å². The summed E-state index contributed by atoms with van der Waals surface area (Å²) < 4.78 is 12.1. The topological polar surface area (TPSA) is 38.7 Å². The van der Waals surface area contributed by atoms with Crippen molar-refractivity contribution >= 4 is 0 Å². The zero-order valence-electron chi connectivity index (χ0n) is 12.2. The van der Waals surface area contributed by atoms with Crippen molar-refractivity contribution < 1.29 is 14.6 Å². The third-order valence-corrected chi connectivity index (χ3v) is 5.33. The van der Waals surface area contributed by atoms with Crippen LogP contribution in [0.1, 0.15) is 50.2 Å². The molecular formula is C18H22O3. The largest absolute Gasteiger partial charge is 0.466 e. The van der Waals surface area contributed by atoms with Gasteiger partial charge in [-0.2, -0.15) is 0 Å². The van der Waals surface area contributed by atoms with Crippen LogP contribution in [-0.4, -0.2) is 16.5 Å². The Hall–Kier alpha value is -1.32. The van der Waals surface area contributed by atoms with E-state index in [2.05, 4.69) is 6.08 Å². The molecule has 0 bridgehead atoms. The maximum absolute atomic E-state index is 10.8. The fraction of sp³-hybridized carbons (Fsp3) is 0.556. The van der Waals surface area contributed by atoms with Gasteiger partial charge in [-0.05, 0) is 24.5 Å². The number of hydrogen-bond acceptors (Lipinski definition) is 3. The molecule has 3 unspecified atom stereocenters. The zero-order chi connectivity index (χ0) is 14.3. The maximum Gasteiger partial charge on any atom is 0.249 e. The number of aliphatic hydroxyl groups excluding tert-OH is 1. The summed E-state index contributed by atoms with van der Waals surface area (Å²) in [7, 11) is 0. The molecule has 2 aliphatic heterocycles. The molecular weight excluding hydrogens is 264 g/mol. The second kappa shape index (κ2) is 4.85. The predicted molar refractivity (Wildman–Crippen MR) is 79.4 cm³/mol. The number of hydrogen-bond donors (Lipinski definition) is 1. The lowest BCUT2D eigenvalue weighted by atomic mass is 9.68. The Labute approximate surface area is 125 Å². The summed E-state index contributed by atoms with van der Waals surface area (Å²) in [5, 5.41) is 10.8. The number of fused-ring (bicyclic) bond motifs is 2. The Morgan fingerprint density at radius 2 is 1.76 bits per heavy atom. The van der Waals surface area contributed by atoms with Gasteiger partial charge >= 0.3 is 0 Å². The highest BCUT2D eigenvalue weighted by Crippen LogP contribution is 2.61. The molecule has 0 amide bonds. The smallest absolute Gasteiger partial charge is 0.249 e. The monoisotopic (exact) mass is 286 g/mol. The van der Waals surface area contributed by atoms with E-state index in [0.717, 1.165) is 18.4 Å². The first-order chi connectivity index (χ1) is 10.3. The van der Waals surface area contributed by atoms with Gasteiger partial charge in [-0.25, -0.2) is 0 Å². The SMILES string of the molecule is OC(c1ccccc1)C12OC=CC1C1(CCCCCC1)O2. The minimum absolute atomic E-state index is 0.112. The molecule has 3 atom stereocenters. The number of benzene rings is 1. The number of ether oxygens (including phenoxy) is 2. The van der Waals surface area contributed by atoms with Crippen molar-refractivity contribution in [2.45, 2.75) is 56.0 Å². The van der Waals surface area contributed by atoms with Crippen molar-refractivity contribution in [3.05, 3.63) is 48.2 Å². The standard InChI is InChI=1S/C18H22O3/c19-16(14-8-4-3-5-9-14)18-15(10-13-20-18)17(21-18)11-6-1-2-7-12-17/h3-5,8-10,13,15-16,19H,1-2,6-7,11-12H2. The van der Waals surface area contributed by atoms with Gasteiger partial charge in [0.2, 0.25) is 5.79 Å². The second-order valence-electron chi connectivity index (χ2n) is 6.54. The Morgan fingerprint density at radius 3 is 2.48 bits per heavy atom. The summed E-state index contributed by atoms with van der Waals surface area (Å²) in [4.78, 5) is 0. The summed E-state index contributed by atoms with van der Waals surface area (Å²) in [5.74, 6) is -0.732. The van der Waals surface area contributed by atoms with E-state index in [1.165, 1.54) is 25.7 Å². The van der Waals surface area contributed by atoms with Gasteiger partial charge in [0.25, 0.3) is 0 Å². The van der Waals surface area contributed by atoms with Crippen LogP contribution in [-0.2, 0) is 9.47 Å². The lowest BCUT2D eigenvalue weighted by Gasteiger charge is -2.59. The molecule has 1 saturated heterocycles. The zero-order valence-corrected chi connectivity index (χ0v) is 12.2. The first-order valence-electron chi connectivity index (χ1n) is 8.05. The van der Waals surface area contributed by atoms with Crippen LogP contribution in [0.5, 0.6) is 0 Å². The van der Waals surface area contributed by atoms with Gasteiger partial charge in [0.1, 0.15) is 6.10 Å². The molecule has 2 fully saturated rings. The highest BCUT2D eigenvalue weighted by Gasteiger charge is 2.70. The lowest BCUT2D eigenvalue weighted by molar-refractivity contribution is -0.421.